The Morgan fingerprint density at radius 1 is 1.31 bits per heavy atom. The molecule has 0 saturated heterocycles. The Labute approximate surface area is 97.2 Å². The maximum Gasteiger partial charge on any atom is 0.221 e. The van der Waals surface area contributed by atoms with Crippen molar-refractivity contribution < 1.29 is 4.74 Å². The molecule has 0 atom stereocenters. The van der Waals surface area contributed by atoms with Crippen molar-refractivity contribution in [3.8, 4) is 5.88 Å². The number of nitrogen functional groups attached to an aromatic ring is 1. The van der Waals surface area contributed by atoms with Crippen molar-refractivity contribution >= 4 is 5.82 Å². The summed E-state index contributed by atoms with van der Waals surface area (Å²) < 4.78 is 5.65. The molecule has 1 aromatic heterocycles. The maximum atomic E-state index is 5.76. The van der Waals surface area contributed by atoms with Gasteiger partial charge in [0.1, 0.15) is 12.1 Å². The van der Waals surface area contributed by atoms with Crippen molar-refractivity contribution in [1.82, 2.24) is 9.97 Å². The molecule has 0 aliphatic heterocycles. The lowest BCUT2D eigenvalue weighted by molar-refractivity contribution is 0.234. The Bertz CT molecular complexity index is 345. The van der Waals surface area contributed by atoms with Gasteiger partial charge in [-0.05, 0) is 18.3 Å². The SMILES string of the molecule is CCc1c(N)ncnc1OCCC(C)(C)C. The number of nitrogens with zero attached hydrogens (tertiary/aromatic N) is 2. The van der Waals surface area contributed by atoms with E-state index < -0.39 is 0 Å². The van der Waals surface area contributed by atoms with E-state index in [0.717, 1.165) is 18.4 Å². The third-order valence-corrected chi connectivity index (χ3v) is 2.38. The lowest BCUT2D eigenvalue weighted by Gasteiger charge is -2.18. The van der Waals surface area contributed by atoms with E-state index in [-0.39, 0.29) is 5.41 Å². The molecule has 0 amide bonds. The Morgan fingerprint density at radius 3 is 2.56 bits per heavy atom. The summed E-state index contributed by atoms with van der Waals surface area (Å²) in [5.41, 5.74) is 6.93. The smallest absolute Gasteiger partial charge is 0.221 e. The van der Waals surface area contributed by atoms with Gasteiger partial charge in [0.2, 0.25) is 5.88 Å². The molecule has 1 heterocycles. The molecule has 0 aromatic carbocycles. The maximum absolute atomic E-state index is 5.76. The molecular weight excluding hydrogens is 202 g/mol. The van der Waals surface area contributed by atoms with Crippen LogP contribution in [0.4, 0.5) is 5.82 Å². The predicted molar refractivity (Wildman–Crippen MR) is 65.4 cm³/mol. The minimum absolute atomic E-state index is 0.269. The van der Waals surface area contributed by atoms with E-state index in [1.807, 2.05) is 6.92 Å². The third kappa shape index (κ3) is 3.68. The summed E-state index contributed by atoms with van der Waals surface area (Å²) in [7, 11) is 0. The predicted octanol–water partition coefficient (Wildman–Crippen LogP) is 2.44. The first kappa shape index (κ1) is 12.7. The van der Waals surface area contributed by atoms with Crippen molar-refractivity contribution in [2.75, 3.05) is 12.3 Å². The van der Waals surface area contributed by atoms with Gasteiger partial charge in [0.25, 0.3) is 0 Å². The molecule has 0 unspecified atom stereocenters. The van der Waals surface area contributed by atoms with E-state index >= 15 is 0 Å². The number of anilines is 1. The summed E-state index contributed by atoms with van der Waals surface area (Å²) in [4.78, 5) is 8.07. The highest BCUT2D eigenvalue weighted by Gasteiger charge is 2.12. The van der Waals surface area contributed by atoms with Crippen LogP contribution < -0.4 is 10.5 Å². The lowest BCUT2D eigenvalue weighted by Crippen LogP contribution is -2.13. The number of rotatable bonds is 4. The zero-order valence-electron chi connectivity index (χ0n) is 10.6. The van der Waals surface area contributed by atoms with Crippen LogP contribution in [0.2, 0.25) is 0 Å². The quantitative estimate of drug-likeness (QED) is 0.851. The first-order valence-corrected chi connectivity index (χ1v) is 5.66. The van der Waals surface area contributed by atoms with Gasteiger partial charge in [0, 0.05) is 0 Å². The first-order chi connectivity index (χ1) is 7.44. The summed E-state index contributed by atoms with van der Waals surface area (Å²) in [5, 5.41) is 0. The molecule has 0 spiro atoms. The molecule has 0 aliphatic rings. The van der Waals surface area contributed by atoms with E-state index in [9.17, 15) is 0 Å². The molecule has 4 nitrogen and oxygen atoms in total. The monoisotopic (exact) mass is 223 g/mol. The molecule has 1 aromatic rings. The minimum atomic E-state index is 0.269. The summed E-state index contributed by atoms with van der Waals surface area (Å²) >= 11 is 0. The third-order valence-electron chi connectivity index (χ3n) is 2.38. The average molecular weight is 223 g/mol. The molecule has 2 N–H and O–H groups in total. The topological polar surface area (TPSA) is 61.0 Å². The lowest BCUT2D eigenvalue weighted by atomic mass is 9.93. The highest BCUT2D eigenvalue weighted by atomic mass is 16.5. The van der Waals surface area contributed by atoms with Crippen molar-refractivity contribution in [3.05, 3.63) is 11.9 Å². The summed E-state index contributed by atoms with van der Waals surface area (Å²) in [6, 6.07) is 0. The van der Waals surface area contributed by atoms with Crippen molar-refractivity contribution in [1.29, 1.82) is 0 Å². The van der Waals surface area contributed by atoms with Crippen molar-refractivity contribution in [2.24, 2.45) is 5.41 Å². The molecule has 1 rings (SSSR count). The van der Waals surface area contributed by atoms with E-state index in [0.29, 0.717) is 18.3 Å². The Kier molecular flexibility index (Phi) is 4.10. The summed E-state index contributed by atoms with van der Waals surface area (Å²) in [5.74, 6) is 1.14. The molecule has 4 heteroatoms. The van der Waals surface area contributed by atoms with Gasteiger partial charge in [-0.2, -0.15) is 0 Å². The van der Waals surface area contributed by atoms with Crippen LogP contribution in [0.15, 0.2) is 6.33 Å². The van der Waals surface area contributed by atoms with Gasteiger partial charge in [0.15, 0.2) is 0 Å². The highest BCUT2D eigenvalue weighted by Crippen LogP contribution is 2.22. The van der Waals surface area contributed by atoms with E-state index in [4.69, 9.17) is 10.5 Å². The van der Waals surface area contributed by atoms with Crippen LogP contribution >= 0.6 is 0 Å². The largest absolute Gasteiger partial charge is 0.477 e. The molecule has 0 bridgehead atoms. The van der Waals surface area contributed by atoms with Crippen LogP contribution in [0.3, 0.4) is 0 Å². The Hall–Kier alpha value is -1.32. The fraction of sp³-hybridized carbons (Fsp3) is 0.667. The van der Waals surface area contributed by atoms with Crippen LogP contribution in [0.25, 0.3) is 0 Å². The fourth-order valence-electron chi connectivity index (χ4n) is 1.32. The van der Waals surface area contributed by atoms with Gasteiger partial charge >= 0.3 is 0 Å². The number of ether oxygens (including phenoxy) is 1. The zero-order chi connectivity index (χ0) is 12.2. The van der Waals surface area contributed by atoms with Gasteiger partial charge in [-0.1, -0.05) is 27.7 Å². The number of hydrogen-bond donors (Lipinski definition) is 1. The zero-order valence-corrected chi connectivity index (χ0v) is 10.6. The van der Waals surface area contributed by atoms with E-state index in [1.54, 1.807) is 0 Å². The molecule has 90 valence electrons. The molecule has 0 fully saturated rings. The highest BCUT2D eigenvalue weighted by molar-refractivity contribution is 5.44. The second-order valence-corrected chi connectivity index (χ2v) is 5.06. The van der Waals surface area contributed by atoms with Gasteiger partial charge in [0.05, 0.1) is 12.2 Å². The summed E-state index contributed by atoms with van der Waals surface area (Å²) in [6.45, 7) is 9.24. The molecule has 0 radical (unpaired) electrons. The molecular formula is C12H21N3O. The van der Waals surface area contributed by atoms with Gasteiger partial charge in [-0.3, -0.25) is 0 Å². The van der Waals surface area contributed by atoms with E-state index in [2.05, 4.69) is 30.7 Å². The number of aromatic nitrogens is 2. The minimum Gasteiger partial charge on any atom is -0.477 e. The van der Waals surface area contributed by atoms with Crippen LogP contribution in [0, 0.1) is 5.41 Å². The standard InChI is InChI=1S/C12H21N3O/c1-5-9-10(13)14-8-15-11(9)16-7-6-12(2,3)4/h8H,5-7H2,1-4H3,(H2,13,14,15). The van der Waals surface area contributed by atoms with Crippen LogP contribution in [0.1, 0.15) is 39.7 Å². The average Bonchev–Trinajstić information content (AvgIpc) is 2.16. The number of hydrogen-bond acceptors (Lipinski definition) is 4. The van der Waals surface area contributed by atoms with E-state index in [1.165, 1.54) is 6.33 Å². The molecule has 16 heavy (non-hydrogen) atoms. The second-order valence-electron chi connectivity index (χ2n) is 5.06. The Balaban J connectivity index is 2.64. The van der Waals surface area contributed by atoms with Crippen LogP contribution in [-0.4, -0.2) is 16.6 Å². The van der Waals surface area contributed by atoms with Crippen LogP contribution in [-0.2, 0) is 6.42 Å². The van der Waals surface area contributed by atoms with Crippen molar-refractivity contribution in [3.63, 3.8) is 0 Å². The molecule has 0 aliphatic carbocycles. The summed E-state index contributed by atoms with van der Waals surface area (Å²) in [6.07, 6.45) is 3.22. The van der Waals surface area contributed by atoms with Crippen molar-refractivity contribution in [2.45, 2.75) is 40.5 Å². The second kappa shape index (κ2) is 5.14. The van der Waals surface area contributed by atoms with Gasteiger partial charge in [-0.25, -0.2) is 9.97 Å². The number of nitrogens with two attached hydrogens (primary N) is 1. The first-order valence-electron chi connectivity index (χ1n) is 5.66. The van der Waals surface area contributed by atoms with Gasteiger partial charge < -0.3 is 10.5 Å². The van der Waals surface area contributed by atoms with Gasteiger partial charge in [-0.15, -0.1) is 0 Å². The molecule has 0 saturated carbocycles. The fourth-order valence-corrected chi connectivity index (χ4v) is 1.32. The normalized spacial score (nSPS) is 11.5. The van der Waals surface area contributed by atoms with Crippen LogP contribution in [0.5, 0.6) is 5.88 Å². The Morgan fingerprint density at radius 2 is 2.00 bits per heavy atom.